The minimum absolute atomic E-state index is 0.0373. The Balaban J connectivity index is 2.59. The molecule has 0 aliphatic heterocycles. The molecule has 2 aromatic rings. The Hall–Kier alpha value is -3.08. The molecule has 1 amide bonds. The van der Waals surface area contributed by atoms with Crippen LogP contribution in [0.1, 0.15) is 74.3 Å². The molecule has 0 aliphatic carbocycles. The normalized spacial score (nSPS) is 11.8. The number of carbonyl (C=O) groups is 1. The maximum absolute atomic E-state index is 12.9. The molecule has 0 unspecified atom stereocenters. The number of amides is 1. The van der Waals surface area contributed by atoms with Crippen LogP contribution < -0.4 is 10.7 Å². The van der Waals surface area contributed by atoms with E-state index in [1.54, 1.807) is 6.07 Å². The first-order valence-corrected chi connectivity index (χ1v) is 9.51. The summed E-state index contributed by atoms with van der Waals surface area (Å²) in [6.07, 6.45) is 4.26. The molecule has 0 saturated carbocycles. The summed E-state index contributed by atoms with van der Waals surface area (Å²) in [7, 11) is 0. The van der Waals surface area contributed by atoms with Gasteiger partial charge in [0, 0.05) is 29.2 Å². The van der Waals surface area contributed by atoms with Crippen LogP contribution in [0.3, 0.4) is 0 Å². The zero-order valence-corrected chi connectivity index (χ0v) is 18.1. The highest BCUT2D eigenvalue weighted by molar-refractivity contribution is 6.05. The molecule has 0 atom stereocenters. The highest BCUT2D eigenvalue weighted by Crippen LogP contribution is 2.39. The Bertz CT molecular complexity index is 1030. The summed E-state index contributed by atoms with van der Waals surface area (Å²) in [5, 5.41) is 13.4. The van der Waals surface area contributed by atoms with E-state index < -0.39 is 11.3 Å². The number of phenolic OH excluding ortho intramolecular Hbond substituents is 1. The zero-order chi connectivity index (χ0) is 22.1. The highest BCUT2D eigenvalue weighted by atomic mass is 16.3. The Morgan fingerprint density at radius 3 is 2.10 bits per heavy atom. The molecular formula is C24H30N2O3. The number of carbonyl (C=O) groups excluding carboxylic acids is 1. The van der Waals surface area contributed by atoms with Gasteiger partial charge in [0.15, 0.2) is 0 Å². The van der Waals surface area contributed by atoms with Crippen LogP contribution in [-0.4, -0.2) is 16.0 Å². The zero-order valence-electron chi connectivity index (χ0n) is 18.1. The summed E-state index contributed by atoms with van der Waals surface area (Å²) in [4.78, 5) is 28.5. The van der Waals surface area contributed by atoms with Gasteiger partial charge < -0.3 is 15.4 Å². The topological polar surface area (TPSA) is 82.2 Å². The van der Waals surface area contributed by atoms with Crippen molar-refractivity contribution in [3.8, 4) is 5.75 Å². The van der Waals surface area contributed by atoms with E-state index in [1.807, 2.05) is 47.6 Å². The van der Waals surface area contributed by atoms with Crippen LogP contribution in [0.15, 0.2) is 36.3 Å². The molecule has 154 valence electrons. The molecule has 0 bridgehead atoms. The van der Waals surface area contributed by atoms with Crippen LogP contribution in [-0.2, 0) is 10.8 Å². The van der Waals surface area contributed by atoms with E-state index in [4.69, 9.17) is 0 Å². The van der Waals surface area contributed by atoms with E-state index in [1.165, 1.54) is 18.3 Å². The second kappa shape index (κ2) is 7.74. The van der Waals surface area contributed by atoms with Crippen LogP contribution >= 0.6 is 0 Å². The predicted octanol–water partition coefficient (Wildman–Crippen LogP) is 5.21. The first kappa shape index (κ1) is 22.2. The van der Waals surface area contributed by atoms with Crippen molar-refractivity contribution in [2.75, 3.05) is 5.32 Å². The quantitative estimate of drug-likeness (QED) is 0.665. The summed E-state index contributed by atoms with van der Waals surface area (Å²) < 4.78 is 0. The number of rotatable bonds is 4. The number of nitrogens with one attached hydrogen (secondary N) is 2. The number of H-pyrrole nitrogens is 1. The van der Waals surface area contributed by atoms with Crippen molar-refractivity contribution in [3.05, 3.63) is 69.7 Å². The predicted molar refractivity (Wildman–Crippen MR) is 121 cm³/mol. The number of phenols is 1. The number of hydrogen-bond acceptors (Lipinski definition) is 3. The van der Waals surface area contributed by atoms with Crippen LogP contribution in [0.5, 0.6) is 5.75 Å². The van der Waals surface area contributed by atoms with Crippen LogP contribution in [0, 0.1) is 0 Å². The number of anilines is 1. The molecule has 5 nitrogen and oxygen atoms in total. The number of aromatic hydroxyl groups is 1. The fourth-order valence-electron chi connectivity index (χ4n) is 3.20. The van der Waals surface area contributed by atoms with E-state index in [9.17, 15) is 14.7 Å². The standard InChI is InChI=1S/C24H30N2O3/c1-9-14-18(10-2)25-13-15(21(14)28)22(29)26-19-12-20(27)17(24(6,7)8)11-16(19)23(3,4)5/h9-13,27H,1-2H2,3-8H3,(H,25,28)(H,26,29). The van der Waals surface area contributed by atoms with Gasteiger partial charge >= 0.3 is 0 Å². The van der Waals surface area contributed by atoms with Crippen molar-refractivity contribution in [2.45, 2.75) is 52.4 Å². The molecule has 5 heteroatoms. The van der Waals surface area contributed by atoms with Gasteiger partial charge in [-0.15, -0.1) is 0 Å². The largest absolute Gasteiger partial charge is 0.508 e. The first-order valence-electron chi connectivity index (χ1n) is 9.51. The minimum atomic E-state index is -0.557. The molecule has 0 radical (unpaired) electrons. The van der Waals surface area contributed by atoms with Gasteiger partial charge in [0.1, 0.15) is 11.3 Å². The van der Waals surface area contributed by atoms with Crippen LogP contribution in [0.25, 0.3) is 12.2 Å². The summed E-state index contributed by atoms with van der Waals surface area (Å²) >= 11 is 0. The fourth-order valence-corrected chi connectivity index (χ4v) is 3.20. The van der Waals surface area contributed by atoms with Gasteiger partial charge in [-0.2, -0.15) is 0 Å². The molecule has 0 aliphatic rings. The van der Waals surface area contributed by atoms with Gasteiger partial charge in [-0.1, -0.05) is 60.8 Å². The van der Waals surface area contributed by atoms with Crippen molar-refractivity contribution in [1.82, 2.24) is 4.98 Å². The maximum atomic E-state index is 12.9. The Labute approximate surface area is 172 Å². The third-order valence-electron chi connectivity index (χ3n) is 4.80. The number of hydrogen-bond donors (Lipinski definition) is 3. The molecule has 29 heavy (non-hydrogen) atoms. The molecule has 0 spiro atoms. The lowest BCUT2D eigenvalue weighted by atomic mass is 9.79. The summed E-state index contributed by atoms with van der Waals surface area (Å²) in [5.74, 6) is -0.457. The lowest BCUT2D eigenvalue weighted by Crippen LogP contribution is -2.26. The third kappa shape index (κ3) is 4.50. The van der Waals surface area contributed by atoms with Crippen LogP contribution in [0.4, 0.5) is 5.69 Å². The number of aromatic nitrogens is 1. The summed E-state index contributed by atoms with van der Waals surface area (Å²) in [5.41, 5.74) is 1.91. The first-order chi connectivity index (χ1) is 13.3. The van der Waals surface area contributed by atoms with Crippen molar-refractivity contribution >= 4 is 23.7 Å². The number of pyridine rings is 1. The lowest BCUT2D eigenvalue weighted by molar-refractivity contribution is 0.102. The lowest BCUT2D eigenvalue weighted by Gasteiger charge is -2.28. The minimum Gasteiger partial charge on any atom is -0.508 e. The number of aromatic amines is 1. The number of benzene rings is 1. The average molecular weight is 395 g/mol. The molecule has 1 aromatic carbocycles. The SMILES string of the molecule is C=Cc1[nH]cc(C(=O)Nc2cc(O)c(C(C)(C)C)cc2C(C)(C)C)c(=O)c1C=C. The Kier molecular flexibility index (Phi) is 5.93. The maximum Gasteiger partial charge on any atom is 0.261 e. The monoisotopic (exact) mass is 394 g/mol. The van der Waals surface area contributed by atoms with Crippen molar-refractivity contribution < 1.29 is 9.90 Å². The molecule has 1 heterocycles. The third-order valence-corrected chi connectivity index (χ3v) is 4.80. The second-order valence-electron chi connectivity index (χ2n) is 9.14. The van der Waals surface area contributed by atoms with E-state index in [0.717, 1.165) is 11.1 Å². The van der Waals surface area contributed by atoms with Crippen molar-refractivity contribution in [3.63, 3.8) is 0 Å². The van der Waals surface area contributed by atoms with Gasteiger partial charge in [0.05, 0.1) is 0 Å². The molecule has 1 aromatic heterocycles. The fraction of sp³-hybridized carbons (Fsp3) is 0.333. The van der Waals surface area contributed by atoms with Gasteiger partial charge in [-0.25, -0.2) is 0 Å². The van der Waals surface area contributed by atoms with Gasteiger partial charge in [-0.3, -0.25) is 9.59 Å². The summed E-state index contributed by atoms with van der Waals surface area (Å²) in [6, 6.07) is 3.48. The molecule has 0 saturated heterocycles. The molecular weight excluding hydrogens is 364 g/mol. The van der Waals surface area contributed by atoms with Crippen LogP contribution in [0.2, 0.25) is 0 Å². The Morgan fingerprint density at radius 1 is 1.03 bits per heavy atom. The molecule has 3 N–H and O–H groups in total. The van der Waals surface area contributed by atoms with Gasteiger partial charge in [0.25, 0.3) is 5.91 Å². The summed E-state index contributed by atoms with van der Waals surface area (Å²) in [6.45, 7) is 19.4. The van der Waals surface area contributed by atoms with Crippen molar-refractivity contribution in [1.29, 1.82) is 0 Å². The average Bonchev–Trinajstić information content (AvgIpc) is 2.58. The van der Waals surface area contributed by atoms with E-state index in [2.05, 4.69) is 23.5 Å². The molecule has 2 rings (SSSR count). The van der Waals surface area contributed by atoms with E-state index >= 15 is 0 Å². The highest BCUT2D eigenvalue weighted by Gasteiger charge is 2.26. The van der Waals surface area contributed by atoms with E-state index in [-0.39, 0.29) is 27.7 Å². The second-order valence-corrected chi connectivity index (χ2v) is 9.14. The van der Waals surface area contributed by atoms with Gasteiger partial charge in [0.2, 0.25) is 5.43 Å². The van der Waals surface area contributed by atoms with Crippen molar-refractivity contribution in [2.24, 2.45) is 0 Å². The van der Waals surface area contributed by atoms with E-state index in [0.29, 0.717) is 11.4 Å². The Morgan fingerprint density at radius 2 is 1.62 bits per heavy atom. The smallest absolute Gasteiger partial charge is 0.261 e. The van der Waals surface area contributed by atoms with Gasteiger partial charge in [-0.05, 0) is 34.1 Å². The molecule has 0 fully saturated rings.